The van der Waals surface area contributed by atoms with Gasteiger partial charge in [0.05, 0.1) is 5.75 Å². The number of aromatic amines is 1. The molecule has 0 aliphatic heterocycles. The lowest BCUT2D eigenvalue weighted by Gasteiger charge is -1.98. The van der Waals surface area contributed by atoms with Crippen molar-refractivity contribution in [1.82, 2.24) is 25.3 Å². The van der Waals surface area contributed by atoms with Crippen LogP contribution in [0.1, 0.15) is 5.82 Å². The molecule has 0 atom stereocenters. The monoisotopic (exact) mass is 292 g/mol. The summed E-state index contributed by atoms with van der Waals surface area (Å²) in [5.41, 5.74) is 5.38. The number of benzene rings is 1. The Labute approximate surface area is 116 Å². The third-order valence-electron chi connectivity index (χ3n) is 2.37. The Bertz CT molecular complexity index is 727. The first-order valence-electron chi connectivity index (χ1n) is 5.60. The second kappa shape index (κ2) is 5.29. The number of hydrogen-bond acceptors (Lipinski definition) is 7. The van der Waals surface area contributed by atoms with Crippen molar-refractivity contribution >= 4 is 17.7 Å². The summed E-state index contributed by atoms with van der Waals surface area (Å²) in [6.45, 7) is 0. The SMILES string of the molecule is Nc1n[nH]c(-c2nc(CSc3ccccc3F)no2)n1. The molecule has 1 aromatic carbocycles. The lowest BCUT2D eigenvalue weighted by Crippen LogP contribution is -1.87. The Morgan fingerprint density at radius 3 is 2.90 bits per heavy atom. The zero-order valence-electron chi connectivity index (χ0n) is 10.1. The quantitative estimate of drug-likeness (QED) is 0.707. The fraction of sp³-hybridized carbons (Fsp3) is 0.0909. The van der Waals surface area contributed by atoms with Crippen LogP contribution < -0.4 is 5.73 Å². The lowest BCUT2D eigenvalue weighted by molar-refractivity contribution is 0.422. The molecule has 0 amide bonds. The van der Waals surface area contributed by atoms with Crippen LogP contribution in [0, 0.1) is 5.82 Å². The second-order valence-electron chi connectivity index (χ2n) is 3.78. The zero-order chi connectivity index (χ0) is 13.9. The van der Waals surface area contributed by atoms with E-state index in [1.165, 1.54) is 17.8 Å². The minimum Gasteiger partial charge on any atom is -0.366 e. The molecular weight excluding hydrogens is 283 g/mol. The third-order valence-corrected chi connectivity index (χ3v) is 3.41. The minimum absolute atomic E-state index is 0.0977. The van der Waals surface area contributed by atoms with E-state index < -0.39 is 0 Å². The Hall–Kier alpha value is -2.42. The van der Waals surface area contributed by atoms with Crippen LogP contribution in [0.5, 0.6) is 0 Å². The number of aromatic nitrogens is 5. The van der Waals surface area contributed by atoms with Crippen LogP contribution in [0.15, 0.2) is 33.7 Å². The molecule has 3 N–H and O–H groups in total. The van der Waals surface area contributed by atoms with Gasteiger partial charge in [0.15, 0.2) is 5.82 Å². The molecule has 102 valence electrons. The molecule has 0 radical (unpaired) electrons. The van der Waals surface area contributed by atoms with Crippen LogP contribution in [0.4, 0.5) is 10.3 Å². The van der Waals surface area contributed by atoms with E-state index in [1.54, 1.807) is 18.2 Å². The maximum Gasteiger partial charge on any atom is 0.295 e. The van der Waals surface area contributed by atoms with E-state index in [1.807, 2.05) is 0 Å². The molecule has 0 aliphatic carbocycles. The molecule has 0 unspecified atom stereocenters. The molecule has 20 heavy (non-hydrogen) atoms. The number of rotatable bonds is 4. The van der Waals surface area contributed by atoms with Crippen molar-refractivity contribution in [1.29, 1.82) is 0 Å². The number of nitrogens with zero attached hydrogens (tertiary/aromatic N) is 4. The Kier molecular flexibility index (Phi) is 3.33. The molecule has 2 heterocycles. The molecule has 0 saturated heterocycles. The zero-order valence-corrected chi connectivity index (χ0v) is 10.9. The second-order valence-corrected chi connectivity index (χ2v) is 4.79. The molecule has 3 aromatic rings. The molecule has 0 bridgehead atoms. The first kappa shape index (κ1) is 12.6. The largest absolute Gasteiger partial charge is 0.366 e. The molecule has 9 heteroatoms. The number of H-pyrrole nitrogens is 1. The van der Waals surface area contributed by atoms with E-state index in [2.05, 4.69) is 25.3 Å². The lowest BCUT2D eigenvalue weighted by atomic mass is 10.3. The molecule has 0 spiro atoms. The summed E-state index contributed by atoms with van der Waals surface area (Å²) >= 11 is 1.28. The number of halogens is 1. The van der Waals surface area contributed by atoms with Crippen LogP contribution in [0.3, 0.4) is 0 Å². The van der Waals surface area contributed by atoms with Gasteiger partial charge in [0, 0.05) is 4.90 Å². The molecule has 7 nitrogen and oxygen atoms in total. The number of nitrogens with two attached hydrogens (primary N) is 1. The van der Waals surface area contributed by atoms with Gasteiger partial charge >= 0.3 is 0 Å². The van der Waals surface area contributed by atoms with Gasteiger partial charge < -0.3 is 10.3 Å². The van der Waals surface area contributed by atoms with Crippen LogP contribution in [-0.4, -0.2) is 25.3 Å². The van der Waals surface area contributed by atoms with Crippen molar-refractivity contribution in [2.24, 2.45) is 0 Å². The summed E-state index contributed by atoms with van der Waals surface area (Å²) in [4.78, 5) is 8.53. The van der Waals surface area contributed by atoms with Crippen LogP contribution >= 0.6 is 11.8 Å². The number of thioether (sulfide) groups is 1. The molecule has 0 saturated carbocycles. The molecule has 0 aliphatic rings. The number of nitrogen functional groups attached to an aromatic ring is 1. The standard InChI is InChI=1S/C11H9FN6OS/c12-6-3-1-2-4-7(6)20-5-8-14-10(19-18-8)9-15-11(13)17-16-9/h1-4H,5H2,(H3,13,15,16,17). The van der Waals surface area contributed by atoms with Gasteiger partial charge in [0.25, 0.3) is 5.89 Å². The summed E-state index contributed by atoms with van der Waals surface area (Å²) in [6.07, 6.45) is 0. The van der Waals surface area contributed by atoms with Gasteiger partial charge in [-0.15, -0.1) is 16.9 Å². The fourth-order valence-electron chi connectivity index (χ4n) is 1.48. The first-order valence-corrected chi connectivity index (χ1v) is 6.59. The van der Waals surface area contributed by atoms with E-state index in [4.69, 9.17) is 10.3 Å². The highest BCUT2D eigenvalue weighted by Crippen LogP contribution is 2.24. The maximum absolute atomic E-state index is 13.4. The summed E-state index contributed by atoms with van der Waals surface area (Å²) in [5.74, 6) is 1.14. The van der Waals surface area contributed by atoms with Crippen molar-refractivity contribution in [3.05, 3.63) is 35.9 Å². The van der Waals surface area contributed by atoms with Gasteiger partial charge in [-0.2, -0.15) is 9.97 Å². The molecule has 2 aromatic heterocycles. The van der Waals surface area contributed by atoms with Crippen molar-refractivity contribution < 1.29 is 8.91 Å². The van der Waals surface area contributed by atoms with Gasteiger partial charge in [-0.25, -0.2) is 4.39 Å². The topological polar surface area (TPSA) is 107 Å². The van der Waals surface area contributed by atoms with E-state index in [0.717, 1.165) is 0 Å². The smallest absolute Gasteiger partial charge is 0.295 e. The number of anilines is 1. The van der Waals surface area contributed by atoms with E-state index in [9.17, 15) is 4.39 Å². The van der Waals surface area contributed by atoms with Gasteiger partial charge in [0.1, 0.15) is 5.82 Å². The Morgan fingerprint density at radius 1 is 1.30 bits per heavy atom. The van der Waals surface area contributed by atoms with E-state index in [-0.39, 0.29) is 17.7 Å². The predicted molar refractivity (Wildman–Crippen MR) is 70.0 cm³/mol. The summed E-state index contributed by atoms with van der Waals surface area (Å²) in [7, 11) is 0. The number of hydrogen-bond donors (Lipinski definition) is 2. The van der Waals surface area contributed by atoms with Gasteiger partial charge in [-0.05, 0) is 12.1 Å². The van der Waals surface area contributed by atoms with Crippen molar-refractivity contribution in [2.45, 2.75) is 10.6 Å². The van der Waals surface area contributed by atoms with Gasteiger partial charge in [0.2, 0.25) is 11.8 Å². The fourth-order valence-corrected chi connectivity index (χ4v) is 2.27. The highest BCUT2D eigenvalue weighted by Gasteiger charge is 2.13. The molecule has 3 rings (SSSR count). The van der Waals surface area contributed by atoms with Gasteiger partial charge in [-0.3, -0.25) is 5.10 Å². The summed E-state index contributed by atoms with van der Waals surface area (Å²) in [6, 6.07) is 6.50. The molecular formula is C11H9FN6OS. The van der Waals surface area contributed by atoms with Gasteiger partial charge in [-0.1, -0.05) is 17.3 Å². The average Bonchev–Trinajstić information content (AvgIpc) is 3.06. The van der Waals surface area contributed by atoms with E-state index in [0.29, 0.717) is 22.3 Å². The van der Waals surface area contributed by atoms with Crippen molar-refractivity contribution in [3.63, 3.8) is 0 Å². The Morgan fingerprint density at radius 2 is 2.15 bits per heavy atom. The first-order chi connectivity index (χ1) is 9.72. The normalized spacial score (nSPS) is 10.8. The summed E-state index contributed by atoms with van der Waals surface area (Å²) in [5, 5.41) is 10.0. The highest BCUT2D eigenvalue weighted by molar-refractivity contribution is 7.98. The van der Waals surface area contributed by atoms with Crippen molar-refractivity contribution in [2.75, 3.05) is 5.73 Å². The van der Waals surface area contributed by atoms with Crippen LogP contribution in [0.25, 0.3) is 11.7 Å². The molecule has 0 fully saturated rings. The summed E-state index contributed by atoms with van der Waals surface area (Å²) < 4.78 is 18.5. The number of nitrogens with one attached hydrogen (secondary N) is 1. The van der Waals surface area contributed by atoms with Crippen LogP contribution in [0.2, 0.25) is 0 Å². The highest BCUT2D eigenvalue weighted by atomic mass is 32.2. The van der Waals surface area contributed by atoms with E-state index >= 15 is 0 Å². The Balaban J connectivity index is 1.70. The third kappa shape index (κ3) is 2.62. The predicted octanol–water partition coefficient (Wildman–Crippen LogP) is 1.87. The van der Waals surface area contributed by atoms with Crippen molar-refractivity contribution in [3.8, 4) is 11.7 Å². The minimum atomic E-state index is -0.274. The average molecular weight is 292 g/mol. The van der Waals surface area contributed by atoms with Crippen LogP contribution in [-0.2, 0) is 5.75 Å². The maximum atomic E-state index is 13.4.